The molecular formula is C63H41N5. The van der Waals surface area contributed by atoms with E-state index in [0.29, 0.717) is 17.5 Å². The number of nitrogens with zero attached hydrogens (tertiary/aromatic N) is 5. The van der Waals surface area contributed by atoms with Crippen LogP contribution in [0.25, 0.3) is 123 Å². The Morgan fingerprint density at radius 3 is 1.26 bits per heavy atom. The highest BCUT2D eigenvalue weighted by Crippen LogP contribution is 2.42. The van der Waals surface area contributed by atoms with Gasteiger partial charge in [-0.1, -0.05) is 182 Å². The van der Waals surface area contributed by atoms with Gasteiger partial charge in [-0.25, -0.2) is 15.0 Å². The lowest BCUT2D eigenvalue weighted by molar-refractivity contribution is 1.08. The van der Waals surface area contributed by atoms with E-state index in [1.54, 1.807) is 0 Å². The van der Waals surface area contributed by atoms with Crippen LogP contribution in [0.15, 0.2) is 249 Å². The molecule has 0 radical (unpaired) electrons. The second kappa shape index (κ2) is 16.4. The number of aromatic nitrogens is 5. The molecule has 3 heterocycles. The average molecular weight is 868 g/mol. The van der Waals surface area contributed by atoms with Crippen molar-refractivity contribution in [3.63, 3.8) is 0 Å². The van der Waals surface area contributed by atoms with Crippen molar-refractivity contribution in [1.29, 1.82) is 0 Å². The van der Waals surface area contributed by atoms with Crippen molar-refractivity contribution in [2.24, 2.45) is 0 Å². The summed E-state index contributed by atoms with van der Waals surface area (Å²) in [6, 6.07) is 88.4. The summed E-state index contributed by atoms with van der Waals surface area (Å²) in [7, 11) is 0. The summed E-state index contributed by atoms with van der Waals surface area (Å²) in [5.41, 5.74) is 16.5. The molecule has 0 amide bonds. The number of hydrogen-bond acceptors (Lipinski definition) is 3. The first-order valence-corrected chi connectivity index (χ1v) is 23.0. The summed E-state index contributed by atoms with van der Waals surface area (Å²) < 4.78 is 4.79. The number of rotatable bonds is 8. The Morgan fingerprint density at radius 1 is 0.235 bits per heavy atom. The zero-order valence-corrected chi connectivity index (χ0v) is 36.9. The van der Waals surface area contributed by atoms with Gasteiger partial charge in [0.15, 0.2) is 17.5 Å². The van der Waals surface area contributed by atoms with Crippen LogP contribution in [0.4, 0.5) is 0 Å². The van der Waals surface area contributed by atoms with E-state index in [-0.39, 0.29) is 0 Å². The van der Waals surface area contributed by atoms with Gasteiger partial charge < -0.3 is 9.13 Å². The Hall–Kier alpha value is -9.19. The standard InChI is InChI=1S/C63H41N5/c1-6-19-42(20-7-1)48-37-49(43-21-8-2-9-22-43)39-51(38-48)68-56-31-17-16-29-52(56)54-40-46(33-35-57(54)68)47-34-36-58-55(41-47)60-53(30-18-32-59(60)67(58)50-27-14-5-15-28-50)63-65-61(44-23-10-3-11-24-44)64-62(66-63)45-25-12-4-13-26-45/h1-41H. The number of fused-ring (bicyclic) bond motifs is 6. The van der Waals surface area contributed by atoms with E-state index in [4.69, 9.17) is 15.0 Å². The highest BCUT2D eigenvalue weighted by atomic mass is 15.0. The van der Waals surface area contributed by atoms with Gasteiger partial charge in [0.1, 0.15) is 0 Å². The molecule has 318 valence electrons. The molecule has 0 atom stereocenters. The fourth-order valence-corrected chi connectivity index (χ4v) is 9.99. The van der Waals surface area contributed by atoms with Crippen molar-refractivity contribution < 1.29 is 0 Å². The average Bonchev–Trinajstić information content (AvgIpc) is 3.94. The summed E-state index contributed by atoms with van der Waals surface area (Å²) in [6.07, 6.45) is 0. The van der Waals surface area contributed by atoms with E-state index in [0.717, 1.165) is 72.0 Å². The van der Waals surface area contributed by atoms with Gasteiger partial charge in [0.05, 0.1) is 22.1 Å². The molecule has 0 saturated heterocycles. The van der Waals surface area contributed by atoms with Crippen molar-refractivity contribution in [2.75, 3.05) is 0 Å². The Bertz CT molecular complexity index is 3880. The van der Waals surface area contributed by atoms with Gasteiger partial charge in [-0.2, -0.15) is 0 Å². The predicted molar refractivity (Wildman–Crippen MR) is 281 cm³/mol. The Morgan fingerprint density at radius 2 is 0.676 bits per heavy atom. The molecule has 0 aliphatic rings. The summed E-state index contributed by atoms with van der Waals surface area (Å²) in [5, 5.41) is 4.61. The molecule has 13 rings (SSSR count). The molecule has 5 nitrogen and oxygen atoms in total. The molecule has 68 heavy (non-hydrogen) atoms. The number of benzene rings is 10. The first kappa shape index (κ1) is 39.2. The molecule has 13 aromatic rings. The fourth-order valence-electron chi connectivity index (χ4n) is 9.99. The van der Waals surface area contributed by atoms with Crippen molar-refractivity contribution in [2.45, 2.75) is 0 Å². The van der Waals surface area contributed by atoms with Crippen LogP contribution < -0.4 is 0 Å². The Balaban J connectivity index is 1.02. The molecule has 0 saturated carbocycles. The minimum absolute atomic E-state index is 0.627. The lowest BCUT2D eigenvalue weighted by atomic mass is 9.98. The molecule has 5 heteroatoms. The van der Waals surface area contributed by atoms with Crippen molar-refractivity contribution in [3.8, 4) is 78.9 Å². The van der Waals surface area contributed by atoms with Crippen LogP contribution in [-0.2, 0) is 0 Å². The van der Waals surface area contributed by atoms with E-state index in [1.807, 2.05) is 36.4 Å². The van der Waals surface area contributed by atoms with Crippen LogP contribution in [-0.4, -0.2) is 24.1 Å². The van der Waals surface area contributed by atoms with Crippen molar-refractivity contribution >= 4 is 43.6 Å². The van der Waals surface area contributed by atoms with E-state index in [2.05, 4.69) is 221 Å². The van der Waals surface area contributed by atoms with Gasteiger partial charge >= 0.3 is 0 Å². The normalized spacial score (nSPS) is 11.5. The Kier molecular flexibility index (Phi) is 9.43. The third kappa shape index (κ3) is 6.76. The van der Waals surface area contributed by atoms with E-state index in [1.165, 1.54) is 33.0 Å². The smallest absolute Gasteiger partial charge is 0.164 e. The van der Waals surface area contributed by atoms with Crippen LogP contribution in [0.1, 0.15) is 0 Å². The zero-order valence-electron chi connectivity index (χ0n) is 36.9. The van der Waals surface area contributed by atoms with Gasteiger partial charge in [0, 0.05) is 49.6 Å². The molecular weight excluding hydrogens is 827 g/mol. The molecule has 10 aromatic carbocycles. The zero-order chi connectivity index (χ0) is 45.0. The van der Waals surface area contributed by atoms with E-state index >= 15 is 0 Å². The van der Waals surface area contributed by atoms with E-state index in [9.17, 15) is 0 Å². The summed E-state index contributed by atoms with van der Waals surface area (Å²) >= 11 is 0. The van der Waals surface area contributed by atoms with Crippen LogP contribution in [0.2, 0.25) is 0 Å². The fraction of sp³-hybridized carbons (Fsp3) is 0. The largest absolute Gasteiger partial charge is 0.309 e. The molecule has 0 spiro atoms. The second-order valence-electron chi connectivity index (χ2n) is 17.2. The number of para-hydroxylation sites is 2. The van der Waals surface area contributed by atoms with Crippen LogP contribution in [0.5, 0.6) is 0 Å². The van der Waals surface area contributed by atoms with Crippen LogP contribution in [0.3, 0.4) is 0 Å². The second-order valence-corrected chi connectivity index (χ2v) is 17.2. The minimum Gasteiger partial charge on any atom is -0.309 e. The molecule has 0 unspecified atom stereocenters. The third-order valence-electron chi connectivity index (χ3n) is 13.1. The lowest BCUT2D eigenvalue weighted by Crippen LogP contribution is -2.00. The quantitative estimate of drug-likeness (QED) is 0.153. The monoisotopic (exact) mass is 867 g/mol. The van der Waals surface area contributed by atoms with Gasteiger partial charge in [0.2, 0.25) is 0 Å². The molecule has 0 aliphatic carbocycles. The molecule has 3 aromatic heterocycles. The molecule has 0 N–H and O–H groups in total. The maximum Gasteiger partial charge on any atom is 0.164 e. The molecule has 0 aliphatic heterocycles. The van der Waals surface area contributed by atoms with Gasteiger partial charge in [-0.3, -0.25) is 0 Å². The molecule has 0 bridgehead atoms. The van der Waals surface area contributed by atoms with Gasteiger partial charge in [0.25, 0.3) is 0 Å². The lowest BCUT2D eigenvalue weighted by Gasteiger charge is -2.14. The van der Waals surface area contributed by atoms with Crippen LogP contribution in [0, 0.1) is 0 Å². The van der Waals surface area contributed by atoms with E-state index < -0.39 is 0 Å². The molecule has 0 fully saturated rings. The summed E-state index contributed by atoms with van der Waals surface area (Å²) in [6.45, 7) is 0. The maximum absolute atomic E-state index is 5.22. The van der Waals surface area contributed by atoms with Crippen molar-refractivity contribution in [1.82, 2.24) is 24.1 Å². The van der Waals surface area contributed by atoms with Gasteiger partial charge in [-0.15, -0.1) is 0 Å². The third-order valence-corrected chi connectivity index (χ3v) is 13.1. The van der Waals surface area contributed by atoms with Crippen molar-refractivity contribution in [3.05, 3.63) is 249 Å². The minimum atomic E-state index is 0.627. The number of hydrogen-bond donors (Lipinski definition) is 0. The topological polar surface area (TPSA) is 48.5 Å². The summed E-state index contributed by atoms with van der Waals surface area (Å²) in [5.74, 6) is 1.89. The first-order valence-electron chi connectivity index (χ1n) is 23.0. The van der Waals surface area contributed by atoms with Crippen LogP contribution >= 0.6 is 0 Å². The first-order chi connectivity index (χ1) is 33.7. The SMILES string of the molecule is c1ccc(-c2cc(-c3ccccc3)cc(-n3c4ccccc4c4cc(-c5ccc6c(c5)c5c(-c7nc(-c8ccccc8)nc(-c8ccccc8)n7)cccc5n6-c5ccccc5)ccc43)c2)cc1. The maximum atomic E-state index is 5.22. The highest BCUT2D eigenvalue weighted by molar-refractivity contribution is 6.17. The highest BCUT2D eigenvalue weighted by Gasteiger charge is 2.21. The van der Waals surface area contributed by atoms with Gasteiger partial charge in [-0.05, 0) is 100 Å². The Labute approximate surface area is 393 Å². The predicted octanol–water partition coefficient (Wildman–Crippen LogP) is 16.1. The summed E-state index contributed by atoms with van der Waals surface area (Å²) in [4.78, 5) is 15.5.